The molecule has 0 aliphatic rings. The van der Waals surface area contributed by atoms with Crippen molar-refractivity contribution in [3.8, 4) is 11.1 Å². The van der Waals surface area contributed by atoms with E-state index in [2.05, 4.69) is 5.32 Å². The van der Waals surface area contributed by atoms with Crippen LogP contribution < -0.4 is 10.9 Å². The predicted octanol–water partition coefficient (Wildman–Crippen LogP) is 5.54. The number of anilines is 1. The number of rotatable bonds is 5. The number of fused-ring (bicyclic) bond motifs is 2. The van der Waals surface area contributed by atoms with Crippen LogP contribution in [0.1, 0.15) is 17.4 Å². The Kier molecular flexibility index (Phi) is 6.09. The van der Waals surface area contributed by atoms with Gasteiger partial charge in [-0.25, -0.2) is 4.79 Å². The number of pyridine rings is 1. The molecule has 36 heavy (non-hydrogen) atoms. The van der Waals surface area contributed by atoms with Gasteiger partial charge in [-0.2, -0.15) is 0 Å². The van der Waals surface area contributed by atoms with E-state index in [1.807, 2.05) is 78.9 Å². The number of esters is 1. The summed E-state index contributed by atoms with van der Waals surface area (Å²) in [6.07, 6.45) is -1.10. The van der Waals surface area contributed by atoms with Gasteiger partial charge in [0.1, 0.15) is 5.69 Å². The smallest absolute Gasteiger partial charge is 0.356 e. The molecular formula is C30H24N2O4. The SMILES string of the molecule is CC(OC(=O)c1c(-c2ccccc2)c2ccccc2c(=O)n1C)C(=O)Nc1cccc2ccccc12. The van der Waals surface area contributed by atoms with E-state index in [0.717, 1.165) is 16.3 Å². The number of amides is 1. The monoisotopic (exact) mass is 476 g/mol. The second-order valence-corrected chi connectivity index (χ2v) is 8.56. The minimum absolute atomic E-state index is 0.0923. The molecule has 0 aliphatic carbocycles. The van der Waals surface area contributed by atoms with Crippen molar-refractivity contribution in [1.29, 1.82) is 0 Å². The number of carbonyl (C=O) groups is 2. The summed E-state index contributed by atoms with van der Waals surface area (Å²) >= 11 is 0. The van der Waals surface area contributed by atoms with Gasteiger partial charge in [0.25, 0.3) is 11.5 Å². The van der Waals surface area contributed by atoms with Crippen molar-refractivity contribution < 1.29 is 14.3 Å². The highest BCUT2D eigenvalue weighted by atomic mass is 16.5. The first-order valence-electron chi connectivity index (χ1n) is 11.6. The van der Waals surface area contributed by atoms with Crippen molar-refractivity contribution in [2.75, 3.05) is 5.32 Å². The van der Waals surface area contributed by atoms with Crippen LogP contribution in [-0.2, 0) is 16.6 Å². The zero-order valence-electron chi connectivity index (χ0n) is 19.9. The molecule has 6 heteroatoms. The third kappa shape index (κ3) is 4.14. The molecule has 0 aliphatic heterocycles. The minimum atomic E-state index is -1.10. The van der Waals surface area contributed by atoms with Crippen LogP contribution in [0, 0.1) is 0 Å². The van der Waals surface area contributed by atoms with Crippen LogP contribution in [-0.4, -0.2) is 22.5 Å². The van der Waals surface area contributed by atoms with Gasteiger partial charge in [-0.05, 0) is 35.4 Å². The molecule has 5 rings (SSSR count). The Morgan fingerprint density at radius 3 is 2.14 bits per heavy atom. The van der Waals surface area contributed by atoms with Gasteiger partial charge in [0, 0.05) is 29.1 Å². The number of ether oxygens (including phenoxy) is 1. The van der Waals surface area contributed by atoms with Crippen LogP contribution in [0.3, 0.4) is 0 Å². The zero-order chi connectivity index (χ0) is 25.2. The molecule has 5 aromatic rings. The summed E-state index contributed by atoms with van der Waals surface area (Å²) in [5.41, 5.74) is 1.76. The van der Waals surface area contributed by atoms with Crippen LogP contribution >= 0.6 is 0 Å². The van der Waals surface area contributed by atoms with Gasteiger partial charge in [-0.1, -0.05) is 84.9 Å². The van der Waals surface area contributed by atoms with Gasteiger partial charge in [0.05, 0.1) is 0 Å². The summed E-state index contributed by atoms with van der Waals surface area (Å²) < 4.78 is 6.91. The van der Waals surface area contributed by atoms with Crippen molar-refractivity contribution >= 4 is 39.1 Å². The molecule has 0 fully saturated rings. The maximum atomic E-state index is 13.5. The lowest BCUT2D eigenvalue weighted by atomic mass is 9.97. The number of hydrogen-bond donors (Lipinski definition) is 1. The average Bonchev–Trinajstić information content (AvgIpc) is 2.91. The van der Waals surface area contributed by atoms with Crippen molar-refractivity contribution in [3.63, 3.8) is 0 Å². The first kappa shape index (κ1) is 23.1. The van der Waals surface area contributed by atoms with Crippen molar-refractivity contribution in [1.82, 2.24) is 4.57 Å². The largest absolute Gasteiger partial charge is 0.448 e. The summed E-state index contributed by atoms with van der Waals surface area (Å²) in [5.74, 6) is -1.22. The van der Waals surface area contributed by atoms with Gasteiger partial charge in [-0.15, -0.1) is 0 Å². The molecular weight excluding hydrogens is 452 g/mol. The summed E-state index contributed by atoms with van der Waals surface area (Å²) in [4.78, 5) is 39.6. The highest BCUT2D eigenvalue weighted by Gasteiger charge is 2.26. The van der Waals surface area contributed by atoms with Crippen LogP contribution in [0.5, 0.6) is 0 Å². The Balaban J connectivity index is 1.50. The van der Waals surface area contributed by atoms with Gasteiger partial charge < -0.3 is 14.6 Å². The van der Waals surface area contributed by atoms with Crippen LogP contribution in [0.2, 0.25) is 0 Å². The molecule has 1 N–H and O–H groups in total. The van der Waals surface area contributed by atoms with Gasteiger partial charge >= 0.3 is 5.97 Å². The van der Waals surface area contributed by atoms with Crippen LogP contribution in [0.25, 0.3) is 32.7 Å². The predicted molar refractivity (Wildman–Crippen MR) is 142 cm³/mol. The Bertz CT molecular complexity index is 1670. The number of aromatic nitrogens is 1. The van der Waals surface area contributed by atoms with Gasteiger partial charge in [0.2, 0.25) is 0 Å². The van der Waals surface area contributed by atoms with E-state index in [-0.39, 0.29) is 11.3 Å². The molecule has 6 nitrogen and oxygen atoms in total. The normalized spacial score (nSPS) is 11.8. The third-order valence-corrected chi connectivity index (χ3v) is 6.26. The molecule has 4 aromatic carbocycles. The number of carbonyl (C=O) groups excluding carboxylic acids is 2. The second kappa shape index (κ2) is 9.50. The molecule has 1 heterocycles. The Hall–Kier alpha value is -4.71. The van der Waals surface area contributed by atoms with E-state index >= 15 is 0 Å². The average molecular weight is 477 g/mol. The second-order valence-electron chi connectivity index (χ2n) is 8.56. The fourth-order valence-electron chi connectivity index (χ4n) is 4.44. The highest BCUT2D eigenvalue weighted by Crippen LogP contribution is 2.31. The maximum Gasteiger partial charge on any atom is 0.356 e. The van der Waals surface area contributed by atoms with Crippen molar-refractivity contribution in [3.05, 3.63) is 113 Å². The summed E-state index contributed by atoms with van der Waals surface area (Å²) in [5, 5.41) is 5.87. The molecule has 0 saturated heterocycles. The quantitative estimate of drug-likeness (QED) is 0.338. The maximum absolute atomic E-state index is 13.5. The fourth-order valence-corrected chi connectivity index (χ4v) is 4.44. The van der Waals surface area contributed by atoms with Crippen LogP contribution in [0.15, 0.2) is 102 Å². The Morgan fingerprint density at radius 1 is 0.778 bits per heavy atom. The summed E-state index contributed by atoms with van der Waals surface area (Å²) in [6.45, 7) is 1.51. The van der Waals surface area contributed by atoms with E-state index in [0.29, 0.717) is 22.0 Å². The number of hydrogen-bond acceptors (Lipinski definition) is 4. The standard InChI is InChI=1S/C30H24N2O4/c1-19(28(33)31-25-18-10-14-20-11-6-7-15-22(20)25)36-30(35)27-26(21-12-4-3-5-13-21)23-16-8-9-17-24(23)29(34)32(27)2/h3-19H,1-2H3,(H,31,33). The van der Waals surface area contributed by atoms with Crippen LogP contribution in [0.4, 0.5) is 5.69 Å². The minimum Gasteiger partial charge on any atom is -0.448 e. The molecule has 0 bridgehead atoms. The Morgan fingerprint density at radius 2 is 1.39 bits per heavy atom. The molecule has 0 spiro atoms. The summed E-state index contributed by atoms with van der Waals surface area (Å²) in [6, 6.07) is 29.8. The molecule has 1 unspecified atom stereocenters. The lowest BCUT2D eigenvalue weighted by Gasteiger charge is -2.19. The van der Waals surface area contributed by atoms with Gasteiger partial charge in [0.15, 0.2) is 6.10 Å². The van der Waals surface area contributed by atoms with Gasteiger partial charge in [-0.3, -0.25) is 9.59 Å². The van der Waals surface area contributed by atoms with E-state index in [1.54, 1.807) is 25.2 Å². The topological polar surface area (TPSA) is 77.4 Å². The molecule has 0 radical (unpaired) electrons. The molecule has 1 amide bonds. The highest BCUT2D eigenvalue weighted by molar-refractivity contribution is 6.08. The first-order chi connectivity index (χ1) is 17.5. The Labute approximate surface area is 207 Å². The zero-order valence-corrected chi connectivity index (χ0v) is 19.9. The summed E-state index contributed by atoms with van der Waals surface area (Å²) in [7, 11) is 1.54. The lowest BCUT2D eigenvalue weighted by molar-refractivity contribution is -0.123. The number of nitrogens with one attached hydrogen (secondary N) is 1. The van der Waals surface area contributed by atoms with Crippen molar-refractivity contribution in [2.45, 2.75) is 13.0 Å². The van der Waals surface area contributed by atoms with E-state index in [1.165, 1.54) is 11.5 Å². The number of benzene rings is 4. The van der Waals surface area contributed by atoms with E-state index in [4.69, 9.17) is 4.74 Å². The lowest BCUT2D eigenvalue weighted by Crippen LogP contribution is -2.33. The molecule has 178 valence electrons. The van der Waals surface area contributed by atoms with Crippen molar-refractivity contribution in [2.24, 2.45) is 7.05 Å². The molecule has 1 atom stereocenters. The molecule has 1 aromatic heterocycles. The first-order valence-corrected chi connectivity index (χ1v) is 11.6. The number of nitrogens with zero attached hydrogens (tertiary/aromatic N) is 1. The van der Waals surface area contributed by atoms with E-state index < -0.39 is 18.0 Å². The third-order valence-electron chi connectivity index (χ3n) is 6.26. The molecule has 0 saturated carbocycles. The fraction of sp³-hybridized carbons (Fsp3) is 0.100. The van der Waals surface area contributed by atoms with E-state index in [9.17, 15) is 14.4 Å².